The maximum absolute atomic E-state index is 9.83. The zero-order chi connectivity index (χ0) is 14.3. The molecule has 1 aromatic carbocycles. The molecule has 0 radical (unpaired) electrons. The smallest absolute Gasteiger partial charge is 0.119 e. The van der Waals surface area contributed by atoms with Gasteiger partial charge < -0.3 is 14.9 Å². The topological polar surface area (TPSA) is 76.7 Å². The van der Waals surface area contributed by atoms with Crippen molar-refractivity contribution in [2.45, 2.75) is 19.1 Å². The predicted octanol–water partition coefficient (Wildman–Crippen LogP) is 0.611. The molecule has 1 rings (SSSR count). The van der Waals surface area contributed by atoms with E-state index in [-0.39, 0.29) is 19.3 Å². The van der Waals surface area contributed by atoms with Crippen LogP contribution in [-0.2, 0) is 0 Å². The molecule has 2 unspecified atom stereocenters. The summed E-state index contributed by atoms with van der Waals surface area (Å²) in [5, 5.41) is 27.5. The van der Waals surface area contributed by atoms with Crippen molar-refractivity contribution in [2.24, 2.45) is 0 Å². The van der Waals surface area contributed by atoms with E-state index in [9.17, 15) is 5.11 Å². The van der Waals surface area contributed by atoms with Crippen LogP contribution < -0.4 is 4.74 Å². The molecule has 0 spiro atoms. The summed E-state index contributed by atoms with van der Waals surface area (Å²) < 4.78 is 5.43. The molecule has 0 aliphatic carbocycles. The molecule has 0 saturated heterocycles. The van der Waals surface area contributed by atoms with E-state index in [4.69, 9.17) is 15.1 Å². The van der Waals surface area contributed by atoms with Crippen molar-refractivity contribution in [2.75, 3.05) is 26.8 Å². The average molecular weight is 264 g/mol. The highest BCUT2D eigenvalue weighted by Crippen LogP contribution is 2.12. The third kappa shape index (κ3) is 5.26. The second-order valence-electron chi connectivity index (χ2n) is 4.57. The molecule has 0 amide bonds. The van der Waals surface area contributed by atoms with Crippen molar-refractivity contribution in [1.82, 2.24) is 4.90 Å². The fourth-order valence-corrected chi connectivity index (χ4v) is 1.52. The fourth-order valence-electron chi connectivity index (χ4n) is 1.52. The SMILES string of the molecule is CC(CO)N(C)CC(O)COc1ccc(C#N)cc1. The molecule has 0 aliphatic rings. The molecule has 5 heteroatoms. The highest BCUT2D eigenvalue weighted by molar-refractivity contribution is 5.34. The number of rotatable bonds is 7. The summed E-state index contributed by atoms with van der Waals surface area (Å²) in [6, 6.07) is 8.77. The van der Waals surface area contributed by atoms with E-state index in [2.05, 4.69) is 0 Å². The number of ether oxygens (including phenoxy) is 1. The zero-order valence-electron chi connectivity index (χ0n) is 11.3. The number of hydrogen-bond acceptors (Lipinski definition) is 5. The molecule has 2 N–H and O–H groups in total. The van der Waals surface area contributed by atoms with Crippen molar-refractivity contribution in [3.05, 3.63) is 29.8 Å². The van der Waals surface area contributed by atoms with Crippen molar-refractivity contribution >= 4 is 0 Å². The Labute approximate surface area is 113 Å². The summed E-state index contributed by atoms with van der Waals surface area (Å²) in [4.78, 5) is 1.87. The van der Waals surface area contributed by atoms with E-state index in [1.54, 1.807) is 24.3 Å². The highest BCUT2D eigenvalue weighted by atomic mass is 16.5. The first-order chi connectivity index (χ1) is 9.06. The third-order valence-corrected chi connectivity index (χ3v) is 2.94. The molecule has 0 aromatic heterocycles. The lowest BCUT2D eigenvalue weighted by Gasteiger charge is -2.25. The van der Waals surface area contributed by atoms with Gasteiger partial charge in [-0.3, -0.25) is 4.90 Å². The molecule has 5 nitrogen and oxygen atoms in total. The van der Waals surface area contributed by atoms with E-state index in [1.807, 2.05) is 24.9 Å². The molecular weight excluding hydrogens is 244 g/mol. The molecular formula is C14H20N2O3. The minimum atomic E-state index is -0.630. The van der Waals surface area contributed by atoms with Crippen LogP contribution >= 0.6 is 0 Å². The second-order valence-corrected chi connectivity index (χ2v) is 4.57. The number of benzene rings is 1. The second kappa shape index (κ2) is 7.74. The maximum atomic E-state index is 9.83. The number of aliphatic hydroxyl groups is 2. The van der Waals surface area contributed by atoms with Crippen LogP contribution in [0.3, 0.4) is 0 Å². The van der Waals surface area contributed by atoms with Gasteiger partial charge in [-0.2, -0.15) is 5.26 Å². The quantitative estimate of drug-likeness (QED) is 0.754. The Kier molecular flexibility index (Phi) is 6.30. The molecule has 0 saturated carbocycles. The third-order valence-electron chi connectivity index (χ3n) is 2.94. The van der Waals surface area contributed by atoms with E-state index in [0.717, 1.165) is 0 Å². The predicted molar refractivity (Wildman–Crippen MR) is 71.8 cm³/mol. The van der Waals surface area contributed by atoms with Gasteiger partial charge in [-0.05, 0) is 38.2 Å². The minimum absolute atomic E-state index is 0.00422. The van der Waals surface area contributed by atoms with Gasteiger partial charge >= 0.3 is 0 Å². The van der Waals surface area contributed by atoms with Gasteiger partial charge in [0.25, 0.3) is 0 Å². The van der Waals surface area contributed by atoms with Gasteiger partial charge in [-0.15, -0.1) is 0 Å². The van der Waals surface area contributed by atoms with E-state index in [1.165, 1.54) is 0 Å². The Morgan fingerprint density at radius 2 is 2.00 bits per heavy atom. The van der Waals surface area contributed by atoms with Crippen LogP contribution in [0.4, 0.5) is 0 Å². The van der Waals surface area contributed by atoms with Crippen molar-refractivity contribution in [3.63, 3.8) is 0 Å². The van der Waals surface area contributed by atoms with Crippen molar-refractivity contribution in [3.8, 4) is 11.8 Å². The van der Waals surface area contributed by atoms with Crippen LogP contribution in [0.5, 0.6) is 5.75 Å². The van der Waals surface area contributed by atoms with Crippen molar-refractivity contribution in [1.29, 1.82) is 5.26 Å². The summed E-state index contributed by atoms with van der Waals surface area (Å²) in [5.74, 6) is 0.621. The number of nitriles is 1. The lowest BCUT2D eigenvalue weighted by molar-refractivity contribution is 0.0543. The zero-order valence-corrected chi connectivity index (χ0v) is 11.3. The summed E-state index contributed by atoms with van der Waals surface area (Å²) in [6.45, 7) is 2.54. The van der Waals surface area contributed by atoms with Gasteiger partial charge in [0.15, 0.2) is 0 Å². The van der Waals surface area contributed by atoms with E-state index in [0.29, 0.717) is 17.9 Å². The molecule has 104 valence electrons. The fraction of sp³-hybridized carbons (Fsp3) is 0.500. The van der Waals surface area contributed by atoms with Crippen LogP contribution in [0.1, 0.15) is 12.5 Å². The number of hydrogen-bond donors (Lipinski definition) is 2. The van der Waals surface area contributed by atoms with Gasteiger partial charge in [0.1, 0.15) is 18.5 Å². The van der Waals surface area contributed by atoms with Crippen LogP contribution in [0.15, 0.2) is 24.3 Å². The molecule has 1 aromatic rings. The number of likely N-dealkylation sites (N-methyl/N-ethyl adjacent to an activating group) is 1. The van der Waals surface area contributed by atoms with Gasteiger partial charge in [-0.25, -0.2) is 0 Å². The Hall–Kier alpha value is -1.61. The van der Waals surface area contributed by atoms with Gasteiger partial charge in [0.05, 0.1) is 18.2 Å². The van der Waals surface area contributed by atoms with Crippen LogP contribution in [0.25, 0.3) is 0 Å². The molecule has 0 bridgehead atoms. The summed E-state index contributed by atoms with van der Waals surface area (Å²) in [7, 11) is 1.84. The normalized spacial score (nSPS) is 13.9. The van der Waals surface area contributed by atoms with Crippen LogP contribution in [0.2, 0.25) is 0 Å². The number of aliphatic hydroxyl groups excluding tert-OH is 2. The molecule has 0 aliphatic heterocycles. The Balaban J connectivity index is 2.37. The molecule has 0 fully saturated rings. The Bertz CT molecular complexity index is 414. The Morgan fingerprint density at radius 1 is 1.37 bits per heavy atom. The van der Waals surface area contributed by atoms with Crippen LogP contribution in [-0.4, -0.2) is 54.1 Å². The van der Waals surface area contributed by atoms with Crippen LogP contribution in [0, 0.1) is 11.3 Å². The first-order valence-corrected chi connectivity index (χ1v) is 6.19. The van der Waals surface area contributed by atoms with E-state index >= 15 is 0 Å². The first kappa shape index (κ1) is 15.4. The lowest BCUT2D eigenvalue weighted by atomic mass is 10.2. The highest BCUT2D eigenvalue weighted by Gasteiger charge is 2.13. The maximum Gasteiger partial charge on any atom is 0.119 e. The molecule has 0 heterocycles. The summed E-state index contributed by atoms with van der Waals surface area (Å²) in [5.41, 5.74) is 0.574. The molecule has 19 heavy (non-hydrogen) atoms. The lowest BCUT2D eigenvalue weighted by Crippen LogP contribution is -2.39. The van der Waals surface area contributed by atoms with E-state index < -0.39 is 6.10 Å². The summed E-state index contributed by atoms with van der Waals surface area (Å²) in [6.07, 6.45) is -0.630. The summed E-state index contributed by atoms with van der Waals surface area (Å²) >= 11 is 0. The average Bonchev–Trinajstić information content (AvgIpc) is 2.44. The van der Waals surface area contributed by atoms with Gasteiger partial charge in [-0.1, -0.05) is 0 Å². The monoisotopic (exact) mass is 264 g/mol. The standard InChI is InChI=1S/C14H20N2O3/c1-11(9-17)16(2)8-13(18)10-19-14-5-3-12(7-15)4-6-14/h3-6,11,13,17-18H,8-10H2,1-2H3. The Morgan fingerprint density at radius 3 is 2.53 bits per heavy atom. The van der Waals surface area contributed by atoms with Gasteiger partial charge in [0.2, 0.25) is 0 Å². The largest absolute Gasteiger partial charge is 0.491 e. The number of nitrogens with zero attached hydrogens (tertiary/aromatic N) is 2. The molecule has 2 atom stereocenters. The van der Waals surface area contributed by atoms with Gasteiger partial charge in [0, 0.05) is 12.6 Å². The first-order valence-electron chi connectivity index (χ1n) is 6.19. The minimum Gasteiger partial charge on any atom is -0.491 e. The van der Waals surface area contributed by atoms with Crippen molar-refractivity contribution < 1.29 is 14.9 Å².